The number of nitrogen functional groups attached to an aromatic ring is 1. The van der Waals surface area contributed by atoms with Crippen molar-refractivity contribution in [2.75, 3.05) is 5.84 Å². The van der Waals surface area contributed by atoms with Gasteiger partial charge in [-0.2, -0.15) is 0 Å². The first-order chi connectivity index (χ1) is 16.4. The molecule has 4 aromatic rings. The molecule has 0 saturated carbocycles. The smallest absolute Gasteiger partial charge is 0.277 e. The molecule has 0 amide bonds. The SMILES string of the molecule is Brc1ccncc1.NOP(=O)(c1ccccc1)c1ccccc1.N[n+]1ccc(Br)cc1.[2H]CC.[I-]. The lowest BCUT2D eigenvalue weighted by molar-refractivity contribution is -0.639. The summed E-state index contributed by atoms with van der Waals surface area (Å²) in [6, 6.07) is 25.5. The van der Waals surface area contributed by atoms with Gasteiger partial charge in [-0.1, -0.05) is 86.8 Å². The molecule has 0 atom stereocenters. The quantitative estimate of drug-likeness (QED) is 0.111. The van der Waals surface area contributed by atoms with Gasteiger partial charge < -0.3 is 24.0 Å². The first-order valence-electron chi connectivity index (χ1n) is 10.4. The summed E-state index contributed by atoms with van der Waals surface area (Å²) < 4.78 is 27.2. The van der Waals surface area contributed by atoms with Crippen LogP contribution in [0.2, 0.25) is 0 Å². The number of hydrogen-bond acceptors (Lipinski definition) is 5. The van der Waals surface area contributed by atoms with Gasteiger partial charge in [0.25, 0.3) is 7.37 Å². The van der Waals surface area contributed by atoms with Crippen LogP contribution in [0.15, 0.2) is 119 Å². The van der Waals surface area contributed by atoms with Crippen molar-refractivity contribution in [1.29, 1.82) is 0 Å². The van der Waals surface area contributed by atoms with E-state index >= 15 is 0 Å². The number of nitrogens with two attached hydrogens (primary N) is 2. The van der Waals surface area contributed by atoms with Crippen molar-refractivity contribution in [3.8, 4) is 0 Å². The van der Waals surface area contributed by atoms with Crippen molar-refractivity contribution in [3.05, 3.63) is 119 Å². The highest BCUT2D eigenvalue weighted by Gasteiger charge is 2.27. The number of halogens is 3. The summed E-state index contributed by atoms with van der Waals surface area (Å²) in [6.45, 7) is 2.29. The zero-order valence-corrected chi connectivity index (χ0v) is 24.8. The zero-order chi connectivity index (χ0) is 25.2. The van der Waals surface area contributed by atoms with E-state index in [2.05, 4.69) is 36.8 Å². The summed E-state index contributed by atoms with van der Waals surface area (Å²) in [4.78, 5) is 3.82. The largest absolute Gasteiger partial charge is 1.00 e. The molecule has 2 heterocycles. The molecule has 10 heteroatoms. The first kappa shape index (κ1) is 30.4. The molecule has 0 spiro atoms. The van der Waals surface area contributed by atoms with Crippen molar-refractivity contribution in [2.45, 2.75) is 13.8 Å². The second kappa shape index (κ2) is 18.7. The van der Waals surface area contributed by atoms with Crippen LogP contribution in [0.3, 0.4) is 0 Å². The van der Waals surface area contributed by atoms with E-state index < -0.39 is 7.37 Å². The van der Waals surface area contributed by atoms with Gasteiger partial charge in [0.15, 0.2) is 12.4 Å². The summed E-state index contributed by atoms with van der Waals surface area (Å²) in [6.07, 6.45) is 7.02. The Morgan fingerprint density at radius 1 is 0.853 bits per heavy atom. The minimum absolute atomic E-state index is 0. The van der Waals surface area contributed by atoms with Gasteiger partial charge in [0.1, 0.15) is 0 Å². The maximum absolute atomic E-state index is 12.6. The molecule has 2 aromatic heterocycles. The van der Waals surface area contributed by atoms with Crippen LogP contribution in [-0.2, 0) is 9.19 Å². The summed E-state index contributed by atoms with van der Waals surface area (Å²) in [5.41, 5.74) is 0. The summed E-state index contributed by atoms with van der Waals surface area (Å²) in [5.74, 6) is 10.5. The predicted octanol–water partition coefficient (Wildman–Crippen LogP) is 2.13. The average Bonchev–Trinajstić information content (AvgIpc) is 2.88. The monoisotopic (exact) mass is 721 g/mol. The molecule has 0 unspecified atom stereocenters. The third kappa shape index (κ3) is 11.7. The van der Waals surface area contributed by atoms with Crippen molar-refractivity contribution in [3.63, 3.8) is 0 Å². The van der Waals surface area contributed by atoms with E-state index in [4.69, 9.17) is 17.7 Å². The topological polar surface area (TPSA) is 95.1 Å². The van der Waals surface area contributed by atoms with Crippen LogP contribution in [0.25, 0.3) is 0 Å². The standard InChI is InChI=1S/C12H12NO2P.C5H6BrN2.C5H4BrN.C2H6.HI/c13-15-16(14,11-7-3-1-4-8-11)12-9-5-2-6-10-12;6-5-1-3-8(7)4-2-5;6-5-1-3-7-4-2-5;1-2;/h1-10H,13H2;1-4H,7H2;1-4H;1-2H3;1H/q;+1;;;/p-1/i;;;1D;. The predicted molar refractivity (Wildman–Crippen MR) is 143 cm³/mol. The number of aromatic nitrogens is 2. The Morgan fingerprint density at radius 2 is 1.24 bits per heavy atom. The molecule has 0 aliphatic heterocycles. The number of hydrogen-bond donors (Lipinski definition) is 2. The minimum Gasteiger partial charge on any atom is -1.00 e. The Hall–Kier alpha value is -1.62. The van der Waals surface area contributed by atoms with E-state index in [1.54, 1.807) is 56.0 Å². The van der Waals surface area contributed by atoms with E-state index in [1.165, 1.54) is 4.68 Å². The summed E-state index contributed by atoms with van der Waals surface area (Å²) >= 11 is 6.55. The van der Waals surface area contributed by atoms with E-state index in [1.807, 2.05) is 60.7 Å². The van der Waals surface area contributed by atoms with Crippen molar-refractivity contribution in [2.24, 2.45) is 5.90 Å². The summed E-state index contributed by atoms with van der Waals surface area (Å²) in [7, 11) is -3.13. The maximum atomic E-state index is 12.6. The van der Waals surface area contributed by atoms with Gasteiger partial charge in [0.2, 0.25) is 0 Å². The Morgan fingerprint density at radius 3 is 1.53 bits per heavy atom. The van der Waals surface area contributed by atoms with Crippen LogP contribution in [0.1, 0.15) is 15.2 Å². The van der Waals surface area contributed by atoms with Crippen LogP contribution in [0.5, 0.6) is 0 Å². The van der Waals surface area contributed by atoms with Gasteiger partial charge in [0, 0.05) is 45.5 Å². The van der Waals surface area contributed by atoms with Crippen molar-refractivity contribution in [1.82, 2.24) is 4.98 Å². The van der Waals surface area contributed by atoms with E-state index in [-0.39, 0.29) is 24.0 Å². The van der Waals surface area contributed by atoms with Gasteiger partial charge in [-0.15, -0.1) is 0 Å². The molecule has 0 aliphatic carbocycles. The highest BCUT2D eigenvalue weighted by Crippen LogP contribution is 2.42. The molecule has 34 heavy (non-hydrogen) atoms. The fraction of sp³-hybridized carbons (Fsp3) is 0.0833. The number of pyridine rings is 2. The third-order valence-electron chi connectivity index (χ3n) is 3.79. The fourth-order valence-corrected chi connectivity index (χ4v) is 4.42. The van der Waals surface area contributed by atoms with Crippen molar-refractivity contribution < 1.29 is 39.2 Å². The lowest BCUT2D eigenvalue weighted by Crippen LogP contribution is -3.00. The second-order valence-corrected chi connectivity index (χ2v) is 10.1. The average molecular weight is 723 g/mol. The summed E-state index contributed by atoms with van der Waals surface area (Å²) in [5, 5.41) is 1.20. The van der Waals surface area contributed by atoms with Gasteiger partial charge in [0.05, 0.1) is 0 Å². The van der Waals surface area contributed by atoms with Crippen LogP contribution in [-0.4, -0.2) is 4.98 Å². The Kier molecular flexibility index (Phi) is 16.7. The zero-order valence-electron chi connectivity index (χ0n) is 19.5. The van der Waals surface area contributed by atoms with Crippen LogP contribution in [0.4, 0.5) is 0 Å². The molecular formula is C24H28Br2IN4O2P. The molecular weight excluding hydrogens is 694 g/mol. The molecule has 0 fully saturated rings. The number of rotatable bonds is 3. The Bertz CT molecular complexity index is 1040. The lowest BCUT2D eigenvalue weighted by Gasteiger charge is -2.15. The maximum Gasteiger partial charge on any atom is 0.277 e. The van der Waals surface area contributed by atoms with Gasteiger partial charge in [-0.05, 0) is 36.4 Å². The fourth-order valence-electron chi connectivity index (χ4n) is 2.27. The molecule has 2 aromatic carbocycles. The molecule has 4 rings (SSSR count). The highest BCUT2D eigenvalue weighted by atomic mass is 127. The van der Waals surface area contributed by atoms with E-state index in [9.17, 15) is 4.57 Å². The van der Waals surface area contributed by atoms with Crippen LogP contribution in [0, 0.1) is 0 Å². The van der Waals surface area contributed by atoms with Crippen LogP contribution >= 0.6 is 39.2 Å². The Balaban J connectivity index is 0.000000511. The molecule has 6 nitrogen and oxygen atoms in total. The van der Waals surface area contributed by atoms with Crippen LogP contribution < -0.4 is 51.0 Å². The minimum atomic E-state index is -3.13. The third-order valence-corrected chi connectivity index (χ3v) is 7.10. The molecule has 0 saturated heterocycles. The molecule has 0 radical (unpaired) electrons. The highest BCUT2D eigenvalue weighted by molar-refractivity contribution is 9.10. The van der Waals surface area contributed by atoms with E-state index in [0.29, 0.717) is 17.5 Å². The normalized spacial score (nSPS) is 9.82. The first-order valence-corrected chi connectivity index (χ1v) is 12.9. The lowest BCUT2D eigenvalue weighted by atomic mass is 10.4. The number of benzene rings is 2. The second-order valence-electron chi connectivity index (χ2n) is 5.96. The molecule has 4 N–H and O–H groups in total. The molecule has 182 valence electrons. The van der Waals surface area contributed by atoms with Gasteiger partial charge in [-0.3, -0.25) is 9.55 Å². The molecule has 0 aliphatic rings. The molecule has 0 bridgehead atoms. The Labute approximate surface area is 236 Å². The van der Waals surface area contributed by atoms with Crippen molar-refractivity contribution >= 4 is 49.8 Å². The van der Waals surface area contributed by atoms with Gasteiger partial charge >= 0.3 is 0 Å². The van der Waals surface area contributed by atoms with Gasteiger partial charge in [-0.25, -0.2) is 16.4 Å². The van der Waals surface area contributed by atoms with E-state index in [0.717, 1.165) is 8.95 Å². The number of nitrogens with zero attached hydrogens (tertiary/aromatic N) is 2.